The number of hydrogen-bond donors (Lipinski definition) is 2. The molecule has 0 radical (unpaired) electrons. The van der Waals surface area contributed by atoms with Crippen molar-refractivity contribution in [3.63, 3.8) is 0 Å². The van der Waals surface area contributed by atoms with Crippen molar-refractivity contribution in [1.29, 1.82) is 0 Å². The monoisotopic (exact) mass is 532 g/mol. The molecule has 11 heteroatoms. The van der Waals surface area contributed by atoms with E-state index in [0.717, 1.165) is 11.1 Å². The van der Waals surface area contributed by atoms with E-state index in [0.29, 0.717) is 31.9 Å². The van der Waals surface area contributed by atoms with Gasteiger partial charge in [0.1, 0.15) is 10.7 Å². The summed E-state index contributed by atoms with van der Waals surface area (Å²) < 4.78 is 0. The van der Waals surface area contributed by atoms with Crippen LogP contribution in [0.2, 0.25) is 5.02 Å². The zero-order valence-corrected chi connectivity index (χ0v) is 21.4. The van der Waals surface area contributed by atoms with Gasteiger partial charge in [0.05, 0.1) is 17.0 Å². The molecule has 4 aromatic rings. The summed E-state index contributed by atoms with van der Waals surface area (Å²) in [6.07, 6.45) is 5.87. The summed E-state index contributed by atoms with van der Waals surface area (Å²) in [5.41, 5.74) is 5.10. The van der Waals surface area contributed by atoms with Crippen LogP contribution in [0.5, 0.6) is 0 Å². The van der Waals surface area contributed by atoms with Gasteiger partial charge in [-0.2, -0.15) is 5.10 Å². The lowest BCUT2D eigenvalue weighted by atomic mass is 10.1. The minimum atomic E-state index is -0.634. The van der Waals surface area contributed by atoms with E-state index in [1.165, 1.54) is 35.9 Å². The van der Waals surface area contributed by atoms with Crippen molar-refractivity contribution in [1.82, 2.24) is 20.4 Å². The molecule has 0 unspecified atom stereocenters. The highest BCUT2D eigenvalue weighted by Crippen LogP contribution is 2.28. The molecule has 2 amide bonds. The van der Waals surface area contributed by atoms with E-state index >= 15 is 0 Å². The molecular formula is C26H21ClN6O3S. The number of rotatable bonds is 8. The number of nitrogens with zero attached hydrogens (tertiary/aromatic N) is 4. The predicted octanol–water partition coefficient (Wildman–Crippen LogP) is 4.87. The normalized spacial score (nSPS) is 11.2. The van der Waals surface area contributed by atoms with Gasteiger partial charge >= 0.3 is 0 Å². The van der Waals surface area contributed by atoms with Gasteiger partial charge in [-0.05, 0) is 61.9 Å². The van der Waals surface area contributed by atoms with Crippen molar-refractivity contribution in [3.05, 3.63) is 94.0 Å². The van der Waals surface area contributed by atoms with Gasteiger partial charge in [-0.1, -0.05) is 11.6 Å². The van der Waals surface area contributed by atoms with Crippen molar-refractivity contribution in [2.24, 2.45) is 5.10 Å². The first-order valence-corrected chi connectivity index (χ1v) is 12.3. The molecule has 0 spiro atoms. The van der Waals surface area contributed by atoms with Gasteiger partial charge in [0, 0.05) is 46.6 Å². The van der Waals surface area contributed by atoms with E-state index in [1.807, 2.05) is 0 Å². The molecule has 0 saturated heterocycles. The summed E-state index contributed by atoms with van der Waals surface area (Å²) >= 11 is 7.23. The van der Waals surface area contributed by atoms with Crippen LogP contribution in [0.4, 0.5) is 5.69 Å². The van der Waals surface area contributed by atoms with Crippen LogP contribution >= 0.6 is 22.9 Å². The molecule has 0 aliphatic carbocycles. The number of amides is 2. The molecule has 0 aliphatic rings. The summed E-state index contributed by atoms with van der Waals surface area (Å²) in [5, 5.41) is 7.94. The number of ketones is 1. The van der Waals surface area contributed by atoms with Crippen molar-refractivity contribution in [2.75, 3.05) is 5.32 Å². The van der Waals surface area contributed by atoms with Crippen LogP contribution in [0, 0.1) is 13.8 Å². The molecular weight excluding hydrogens is 512 g/mol. The maximum atomic E-state index is 13.3. The number of halogens is 1. The first-order chi connectivity index (χ1) is 17.8. The highest BCUT2D eigenvalue weighted by molar-refractivity contribution is 7.17. The smallest absolute Gasteiger partial charge is 0.272 e. The molecule has 1 aromatic carbocycles. The van der Waals surface area contributed by atoms with Gasteiger partial charge in [0.15, 0.2) is 5.78 Å². The summed E-state index contributed by atoms with van der Waals surface area (Å²) in [7, 11) is 0. The minimum Gasteiger partial charge on any atom is -0.321 e. The molecule has 186 valence electrons. The number of carbonyl (C=O) groups excluding carboxylic acids is 3. The average Bonchev–Trinajstić information content (AvgIpc) is 3.30. The fourth-order valence-electron chi connectivity index (χ4n) is 3.32. The number of carbonyl (C=O) groups is 3. The van der Waals surface area contributed by atoms with Crippen LogP contribution < -0.4 is 10.7 Å². The fourth-order valence-corrected chi connectivity index (χ4v) is 4.56. The lowest BCUT2D eigenvalue weighted by molar-refractivity contribution is -0.110. The number of aryl methyl sites for hydroxylation is 2. The number of nitrogens with one attached hydrogen (secondary N) is 2. The predicted molar refractivity (Wildman–Crippen MR) is 143 cm³/mol. The van der Waals surface area contributed by atoms with Gasteiger partial charge < -0.3 is 5.32 Å². The van der Waals surface area contributed by atoms with Gasteiger partial charge in [0.2, 0.25) is 0 Å². The SMILES string of the molecule is Cc1cc(Cl)ccc1NC(=O)/C(CC(=O)c1sc(-c2ccncc2)nc1C)=N/NC(=O)c1ccncc1. The summed E-state index contributed by atoms with van der Waals surface area (Å²) in [4.78, 5) is 51.7. The topological polar surface area (TPSA) is 126 Å². The second-order valence-corrected chi connectivity index (χ2v) is 9.35. The zero-order valence-electron chi connectivity index (χ0n) is 19.9. The maximum Gasteiger partial charge on any atom is 0.272 e. The van der Waals surface area contributed by atoms with Crippen LogP contribution in [0.15, 0.2) is 72.4 Å². The Morgan fingerprint density at radius 3 is 2.32 bits per heavy atom. The Morgan fingerprint density at radius 1 is 0.973 bits per heavy atom. The largest absolute Gasteiger partial charge is 0.321 e. The first-order valence-electron chi connectivity index (χ1n) is 11.1. The van der Waals surface area contributed by atoms with Crippen LogP contribution in [0.1, 0.15) is 37.7 Å². The van der Waals surface area contributed by atoms with Crippen LogP contribution in [-0.4, -0.2) is 38.3 Å². The van der Waals surface area contributed by atoms with Crippen LogP contribution in [0.3, 0.4) is 0 Å². The van der Waals surface area contributed by atoms with E-state index in [4.69, 9.17) is 11.6 Å². The zero-order chi connectivity index (χ0) is 26.4. The Bertz CT molecular complexity index is 1490. The Balaban J connectivity index is 1.59. The van der Waals surface area contributed by atoms with E-state index in [9.17, 15) is 14.4 Å². The molecule has 0 atom stereocenters. The maximum absolute atomic E-state index is 13.3. The van der Waals surface area contributed by atoms with Gasteiger partial charge in [-0.25, -0.2) is 10.4 Å². The Labute approximate surface area is 221 Å². The number of hydrazone groups is 1. The van der Waals surface area contributed by atoms with Gasteiger partial charge in [-0.3, -0.25) is 24.4 Å². The number of Topliss-reactive ketones (excluding diaryl/α,β-unsaturated/α-hetero) is 1. The fraction of sp³-hybridized carbons (Fsp3) is 0.115. The molecule has 3 aromatic heterocycles. The summed E-state index contributed by atoms with van der Waals surface area (Å²) in [6, 6.07) is 11.6. The molecule has 0 saturated carbocycles. The Hall–Kier alpha value is -4.28. The molecule has 4 rings (SSSR count). The second-order valence-electron chi connectivity index (χ2n) is 7.92. The van der Waals surface area contributed by atoms with Crippen molar-refractivity contribution >= 4 is 51.9 Å². The molecule has 3 heterocycles. The lowest BCUT2D eigenvalue weighted by Crippen LogP contribution is -2.29. The number of hydrogen-bond acceptors (Lipinski definition) is 8. The molecule has 0 fully saturated rings. The van der Waals surface area contributed by atoms with Crippen LogP contribution in [0.25, 0.3) is 10.6 Å². The summed E-state index contributed by atoms with van der Waals surface area (Å²) in [6.45, 7) is 3.52. The third-order valence-electron chi connectivity index (χ3n) is 5.24. The molecule has 37 heavy (non-hydrogen) atoms. The lowest BCUT2D eigenvalue weighted by Gasteiger charge is -2.11. The Kier molecular flexibility index (Phi) is 8.11. The van der Waals surface area contributed by atoms with Crippen molar-refractivity contribution in [2.45, 2.75) is 20.3 Å². The highest BCUT2D eigenvalue weighted by Gasteiger charge is 2.23. The van der Waals surface area contributed by atoms with Crippen molar-refractivity contribution in [3.8, 4) is 10.6 Å². The summed E-state index contributed by atoms with van der Waals surface area (Å²) in [5.74, 6) is -1.53. The standard InChI is InChI=1S/C26H21ClN6O3S/c1-15-13-19(27)3-4-20(15)31-25(36)21(32-33-24(35)17-5-9-28-10-6-17)14-22(34)23-16(2)30-26(37-23)18-7-11-29-12-8-18/h3-13H,14H2,1-2H3,(H,31,36)(H,33,35)/b32-21+. The average molecular weight is 533 g/mol. The van der Waals surface area contributed by atoms with E-state index < -0.39 is 11.8 Å². The van der Waals surface area contributed by atoms with Gasteiger partial charge in [0.25, 0.3) is 11.8 Å². The van der Waals surface area contributed by atoms with E-state index in [-0.39, 0.29) is 17.9 Å². The number of pyridine rings is 2. The number of anilines is 1. The van der Waals surface area contributed by atoms with Crippen LogP contribution in [-0.2, 0) is 4.79 Å². The van der Waals surface area contributed by atoms with E-state index in [2.05, 4.69) is 30.8 Å². The Morgan fingerprint density at radius 2 is 1.65 bits per heavy atom. The number of thiazole rings is 1. The first kappa shape index (κ1) is 25.8. The third kappa shape index (κ3) is 6.49. The number of aromatic nitrogens is 3. The second kappa shape index (κ2) is 11.6. The van der Waals surface area contributed by atoms with E-state index in [1.54, 1.807) is 56.6 Å². The third-order valence-corrected chi connectivity index (χ3v) is 6.72. The molecule has 9 nitrogen and oxygen atoms in total. The minimum absolute atomic E-state index is 0.167. The van der Waals surface area contributed by atoms with Gasteiger partial charge in [-0.15, -0.1) is 11.3 Å². The quantitative estimate of drug-likeness (QED) is 0.189. The molecule has 0 bridgehead atoms. The molecule has 0 aliphatic heterocycles. The van der Waals surface area contributed by atoms with Crippen molar-refractivity contribution < 1.29 is 14.4 Å². The number of benzene rings is 1. The molecule has 2 N–H and O–H groups in total. The highest BCUT2D eigenvalue weighted by atomic mass is 35.5.